The minimum absolute atomic E-state index is 0.153. The molecule has 3 aromatic rings. The first-order valence-corrected chi connectivity index (χ1v) is 9.85. The number of aromatic nitrogens is 3. The number of rotatable bonds is 5. The number of piperazine rings is 1. The molecule has 0 spiro atoms. The maximum absolute atomic E-state index is 12.6. The molecule has 148 valence electrons. The van der Waals surface area contributed by atoms with E-state index in [1.54, 1.807) is 18.6 Å². The highest BCUT2D eigenvalue weighted by Gasteiger charge is 2.20. The van der Waals surface area contributed by atoms with E-state index in [2.05, 4.69) is 37.0 Å². The third-order valence-electron chi connectivity index (χ3n) is 5.09. The first-order chi connectivity index (χ1) is 14.2. The molecule has 7 heteroatoms. The fourth-order valence-corrected chi connectivity index (χ4v) is 3.37. The van der Waals surface area contributed by atoms with Crippen LogP contribution in [0.25, 0.3) is 0 Å². The van der Waals surface area contributed by atoms with Crippen molar-refractivity contribution >= 4 is 23.2 Å². The molecule has 2 aromatic heterocycles. The molecule has 0 bridgehead atoms. The lowest BCUT2D eigenvalue weighted by Gasteiger charge is -2.35. The minimum Gasteiger partial charge on any atom is -0.367 e. The molecule has 0 radical (unpaired) electrons. The fraction of sp³-hybridized carbons (Fsp3) is 0.273. The molecule has 1 saturated heterocycles. The van der Waals surface area contributed by atoms with Crippen LogP contribution in [-0.2, 0) is 6.42 Å². The number of nitrogens with zero attached hydrogens (tertiary/aromatic N) is 5. The van der Waals surface area contributed by atoms with Gasteiger partial charge in [0, 0.05) is 50.5 Å². The number of pyridine rings is 1. The number of anilines is 3. The van der Waals surface area contributed by atoms with Crippen molar-refractivity contribution in [2.45, 2.75) is 13.3 Å². The van der Waals surface area contributed by atoms with Crippen LogP contribution >= 0.6 is 0 Å². The van der Waals surface area contributed by atoms with E-state index in [-0.39, 0.29) is 5.91 Å². The number of carbonyl (C=O) groups is 1. The lowest BCUT2D eigenvalue weighted by atomic mass is 10.1. The largest absolute Gasteiger partial charge is 0.367 e. The van der Waals surface area contributed by atoms with Gasteiger partial charge < -0.3 is 15.1 Å². The number of nitrogens with one attached hydrogen (secondary N) is 1. The number of hydrogen-bond donors (Lipinski definition) is 1. The van der Waals surface area contributed by atoms with E-state index < -0.39 is 0 Å². The maximum Gasteiger partial charge on any atom is 0.257 e. The van der Waals surface area contributed by atoms with Crippen LogP contribution in [-0.4, -0.2) is 47.0 Å². The topological polar surface area (TPSA) is 74.2 Å². The molecule has 1 aromatic carbocycles. The zero-order valence-electron chi connectivity index (χ0n) is 16.5. The van der Waals surface area contributed by atoms with Crippen LogP contribution < -0.4 is 15.1 Å². The van der Waals surface area contributed by atoms with Crippen LogP contribution in [0.2, 0.25) is 0 Å². The van der Waals surface area contributed by atoms with Gasteiger partial charge in [-0.05, 0) is 36.2 Å². The second kappa shape index (κ2) is 8.68. The summed E-state index contributed by atoms with van der Waals surface area (Å²) in [6.07, 6.45) is 7.91. The quantitative estimate of drug-likeness (QED) is 0.724. The lowest BCUT2D eigenvalue weighted by Crippen LogP contribution is -2.47. The van der Waals surface area contributed by atoms with E-state index in [4.69, 9.17) is 0 Å². The molecular formula is C22H24N6O. The van der Waals surface area contributed by atoms with Crippen LogP contribution in [0.3, 0.4) is 0 Å². The highest BCUT2D eigenvalue weighted by atomic mass is 16.1. The first kappa shape index (κ1) is 18.9. The van der Waals surface area contributed by atoms with Gasteiger partial charge in [-0.2, -0.15) is 0 Å². The van der Waals surface area contributed by atoms with Crippen molar-refractivity contribution in [2.24, 2.45) is 0 Å². The molecule has 0 atom stereocenters. The molecule has 1 aliphatic rings. The number of aryl methyl sites for hydroxylation is 1. The number of amides is 1. The van der Waals surface area contributed by atoms with Crippen molar-refractivity contribution < 1.29 is 4.79 Å². The zero-order chi connectivity index (χ0) is 20.1. The second-order valence-electron chi connectivity index (χ2n) is 6.96. The van der Waals surface area contributed by atoms with Gasteiger partial charge >= 0.3 is 0 Å². The molecule has 1 N–H and O–H groups in total. The summed E-state index contributed by atoms with van der Waals surface area (Å²) in [5, 5.41) is 2.95. The van der Waals surface area contributed by atoms with E-state index in [0.717, 1.165) is 49.9 Å². The van der Waals surface area contributed by atoms with Gasteiger partial charge in [-0.3, -0.25) is 9.78 Å². The SMILES string of the molecule is CCc1ccc(NC(=O)c2cncc(N3CCN(c4ncccn4)CC3)c2)cc1. The van der Waals surface area contributed by atoms with Crippen molar-refractivity contribution in [3.8, 4) is 0 Å². The van der Waals surface area contributed by atoms with Crippen LogP contribution in [0.1, 0.15) is 22.8 Å². The predicted molar refractivity (Wildman–Crippen MR) is 114 cm³/mol. The Bertz CT molecular complexity index is 953. The Morgan fingerprint density at radius 2 is 1.69 bits per heavy atom. The van der Waals surface area contributed by atoms with Gasteiger partial charge in [0.05, 0.1) is 17.4 Å². The third kappa shape index (κ3) is 4.51. The van der Waals surface area contributed by atoms with Gasteiger partial charge in [-0.15, -0.1) is 0 Å². The summed E-state index contributed by atoms with van der Waals surface area (Å²) in [6, 6.07) is 11.6. The van der Waals surface area contributed by atoms with Crippen molar-refractivity contribution in [1.82, 2.24) is 15.0 Å². The fourth-order valence-electron chi connectivity index (χ4n) is 3.37. The number of hydrogen-bond acceptors (Lipinski definition) is 6. The molecule has 1 fully saturated rings. The molecule has 7 nitrogen and oxygen atoms in total. The Kier molecular flexibility index (Phi) is 5.65. The molecule has 1 aliphatic heterocycles. The van der Waals surface area contributed by atoms with Crippen LogP contribution in [0.5, 0.6) is 0 Å². The zero-order valence-corrected chi connectivity index (χ0v) is 16.5. The monoisotopic (exact) mass is 388 g/mol. The average Bonchev–Trinajstić information content (AvgIpc) is 2.80. The van der Waals surface area contributed by atoms with Crippen molar-refractivity contribution in [3.63, 3.8) is 0 Å². The third-order valence-corrected chi connectivity index (χ3v) is 5.09. The Morgan fingerprint density at radius 3 is 2.38 bits per heavy atom. The maximum atomic E-state index is 12.6. The summed E-state index contributed by atoms with van der Waals surface area (Å²) in [4.78, 5) is 30.0. The van der Waals surface area contributed by atoms with Crippen LogP contribution in [0, 0.1) is 0 Å². The van der Waals surface area contributed by atoms with Crippen LogP contribution in [0.4, 0.5) is 17.3 Å². The van der Waals surface area contributed by atoms with Gasteiger partial charge in [0.2, 0.25) is 5.95 Å². The van der Waals surface area contributed by atoms with Crippen molar-refractivity contribution in [1.29, 1.82) is 0 Å². The van der Waals surface area contributed by atoms with Gasteiger partial charge in [0.1, 0.15) is 0 Å². The van der Waals surface area contributed by atoms with E-state index in [1.807, 2.05) is 42.6 Å². The molecule has 1 amide bonds. The highest BCUT2D eigenvalue weighted by Crippen LogP contribution is 2.19. The van der Waals surface area contributed by atoms with Crippen molar-refractivity contribution in [3.05, 3.63) is 72.3 Å². The summed E-state index contributed by atoms with van der Waals surface area (Å²) in [5.41, 5.74) is 3.53. The molecule has 29 heavy (non-hydrogen) atoms. The molecule has 3 heterocycles. The van der Waals surface area contributed by atoms with Gasteiger partial charge in [-0.25, -0.2) is 9.97 Å². The van der Waals surface area contributed by atoms with Gasteiger partial charge in [-0.1, -0.05) is 19.1 Å². The lowest BCUT2D eigenvalue weighted by molar-refractivity contribution is 0.102. The second-order valence-corrected chi connectivity index (χ2v) is 6.96. The summed E-state index contributed by atoms with van der Waals surface area (Å²) in [6.45, 7) is 5.40. The molecule has 4 rings (SSSR count). The Balaban J connectivity index is 1.40. The summed E-state index contributed by atoms with van der Waals surface area (Å²) in [7, 11) is 0. The van der Waals surface area contributed by atoms with E-state index in [0.29, 0.717) is 5.56 Å². The number of carbonyl (C=O) groups excluding carboxylic acids is 1. The van der Waals surface area contributed by atoms with Crippen molar-refractivity contribution in [2.75, 3.05) is 41.3 Å². The molecule has 0 aliphatic carbocycles. The number of benzene rings is 1. The smallest absolute Gasteiger partial charge is 0.257 e. The van der Waals surface area contributed by atoms with Gasteiger partial charge in [0.25, 0.3) is 5.91 Å². The first-order valence-electron chi connectivity index (χ1n) is 9.85. The van der Waals surface area contributed by atoms with Gasteiger partial charge in [0.15, 0.2) is 0 Å². The Labute approximate surface area is 170 Å². The summed E-state index contributed by atoms with van der Waals surface area (Å²) < 4.78 is 0. The van der Waals surface area contributed by atoms with E-state index in [1.165, 1.54) is 5.56 Å². The highest BCUT2D eigenvalue weighted by molar-refractivity contribution is 6.04. The van der Waals surface area contributed by atoms with E-state index >= 15 is 0 Å². The summed E-state index contributed by atoms with van der Waals surface area (Å²) in [5.74, 6) is 0.604. The average molecular weight is 388 g/mol. The minimum atomic E-state index is -0.153. The molecular weight excluding hydrogens is 364 g/mol. The molecule has 0 saturated carbocycles. The Morgan fingerprint density at radius 1 is 1.00 bits per heavy atom. The normalized spacial score (nSPS) is 14.0. The predicted octanol–water partition coefficient (Wildman–Crippen LogP) is 3.01. The van der Waals surface area contributed by atoms with Crippen LogP contribution in [0.15, 0.2) is 61.2 Å². The van der Waals surface area contributed by atoms with E-state index in [9.17, 15) is 4.79 Å². The standard InChI is InChI=1S/C22H24N6O/c1-2-17-4-6-19(7-5-17)26-21(29)18-14-20(16-23-15-18)27-10-12-28(13-11-27)22-24-8-3-9-25-22/h3-9,14-16H,2,10-13H2,1H3,(H,26,29). The summed E-state index contributed by atoms with van der Waals surface area (Å²) >= 11 is 0. The Hall–Kier alpha value is -3.48. The molecule has 0 unspecified atom stereocenters.